The van der Waals surface area contributed by atoms with E-state index in [9.17, 15) is 0 Å². The molecule has 1 N–H and O–H groups in total. The quantitative estimate of drug-likeness (QED) is 0.942. The number of aromatic nitrogens is 1. The number of nitrogens with zero attached hydrogens (tertiary/aromatic N) is 1. The molecule has 1 aliphatic heterocycles. The average Bonchev–Trinajstić information content (AvgIpc) is 2.55. The Morgan fingerprint density at radius 1 is 1.23 bits per heavy atom. The monoisotopic (exact) mass is 294 g/mol. The van der Waals surface area contributed by atoms with E-state index in [1.165, 1.54) is 36.1 Å². The Bertz CT molecular complexity index is 664. The lowest BCUT2D eigenvalue weighted by molar-refractivity contribution is 0.159. The number of hydrogen-bond acceptors (Lipinski definition) is 3. The van der Waals surface area contributed by atoms with Crippen molar-refractivity contribution in [3.63, 3.8) is 0 Å². The topological polar surface area (TPSA) is 34.1 Å². The molecule has 0 saturated heterocycles. The van der Waals surface area contributed by atoms with Crippen LogP contribution in [0, 0.1) is 0 Å². The second-order valence-electron chi connectivity index (χ2n) is 6.43. The van der Waals surface area contributed by atoms with Gasteiger partial charge in [-0.1, -0.05) is 18.6 Å². The van der Waals surface area contributed by atoms with Crippen molar-refractivity contribution in [2.75, 3.05) is 13.7 Å². The minimum Gasteiger partial charge on any atom is -0.497 e. The second-order valence-corrected chi connectivity index (χ2v) is 6.43. The molecule has 3 heteroatoms. The van der Waals surface area contributed by atoms with E-state index in [0.717, 1.165) is 18.7 Å². The normalized spacial score (nSPS) is 22.5. The van der Waals surface area contributed by atoms with Crippen molar-refractivity contribution >= 4 is 0 Å². The molecule has 1 aliphatic carbocycles. The predicted octanol–water partition coefficient (Wildman–Crippen LogP) is 3.40. The second kappa shape index (κ2) is 5.40. The molecular formula is C19H22N2O. The average molecular weight is 294 g/mol. The number of benzene rings is 1. The molecule has 1 aromatic heterocycles. The number of hydrogen-bond donors (Lipinski definition) is 1. The van der Waals surface area contributed by atoms with Gasteiger partial charge in [-0.15, -0.1) is 0 Å². The van der Waals surface area contributed by atoms with Crippen LogP contribution < -0.4 is 10.1 Å². The van der Waals surface area contributed by atoms with Gasteiger partial charge in [-0.2, -0.15) is 0 Å². The van der Waals surface area contributed by atoms with E-state index in [0.29, 0.717) is 6.04 Å². The van der Waals surface area contributed by atoms with Crippen LogP contribution in [0.2, 0.25) is 0 Å². The number of pyridine rings is 1. The molecule has 1 saturated carbocycles. The number of rotatable bonds is 3. The molecule has 1 unspecified atom stereocenters. The van der Waals surface area contributed by atoms with Gasteiger partial charge in [-0.25, -0.2) is 0 Å². The third kappa shape index (κ3) is 2.03. The molecule has 2 aliphatic rings. The van der Waals surface area contributed by atoms with Crippen LogP contribution in [-0.4, -0.2) is 18.6 Å². The number of methoxy groups -OCH3 is 1. The Kier molecular flexibility index (Phi) is 3.38. The summed E-state index contributed by atoms with van der Waals surface area (Å²) in [6.07, 6.45) is 6.71. The molecule has 1 fully saturated rings. The molecule has 114 valence electrons. The van der Waals surface area contributed by atoms with Gasteiger partial charge >= 0.3 is 0 Å². The van der Waals surface area contributed by atoms with Gasteiger partial charge in [0, 0.05) is 23.3 Å². The molecule has 3 nitrogen and oxygen atoms in total. The fraction of sp³-hybridized carbons (Fsp3) is 0.421. The third-order valence-electron chi connectivity index (χ3n) is 5.38. The molecule has 0 amide bonds. The summed E-state index contributed by atoms with van der Waals surface area (Å²) in [7, 11) is 1.74. The van der Waals surface area contributed by atoms with Crippen molar-refractivity contribution in [2.24, 2.45) is 0 Å². The van der Waals surface area contributed by atoms with E-state index in [-0.39, 0.29) is 5.41 Å². The number of fused-ring (bicyclic) bond motifs is 1. The SMILES string of the molecule is COc1ccc2c(c1)C(C1(c3ccccn3)CCC1)NCC2. The van der Waals surface area contributed by atoms with Crippen LogP contribution in [0.25, 0.3) is 0 Å². The Balaban J connectivity index is 1.80. The fourth-order valence-corrected chi connectivity index (χ4v) is 4.06. The Morgan fingerprint density at radius 3 is 2.82 bits per heavy atom. The zero-order chi connectivity index (χ0) is 15.0. The minimum atomic E-state index is 0.142. The molecular weight excluding hydrogens is 272 g/mol. The van der Waals surface area contributed by atoms with E-state index in [1.807, 2.05) is 12.3 Å². The summed E-state index contributed by atoms with van der Waals surface area (Å²) in [4.78, 5) is 4.69. The molecule has 1 atom stereocenters. The Labute approximate surface area is 131 Å². The van der Waals surface area contributed by atoms with E-state index >= 15 is 0 Å². The highest BCUT2D eigenvalue weighted by atomic mass is 16.5. The van der Waals surface area contributed by atoms with Gasteiger partial charge in [-0.05, 0) is 61.2 Å². The third-order valence-corrected chi connectivity index (χ3v) is 5.38. The molecule has 2 heterocycles. The first kappa shape index (κ1) is 13.8. The summed E-state index contributed by atoms with van der Waals surface area (Å²) in [5, 5.41) is 3.77. The van der Waals surface area contributed by atoms with Crippen molar-refractivity contribution in [1.82, 2.24) is 10.3 Å². The maximum Gasteiger partial charge on any atom is 0.119 e. The van der Waals surface area contributed by atoms with Gasteiger partial charge in [0.25, 0.3) is 0 Å². The van der Waals surface area contributed by atoms with Crippen LogP contribution in [0.4, 0.5) is 0 Å². The highest BCUT2D eigenvalue weighted by Gasteiger charge is 2.48. The fourth-order valence-electron chi connectivity index (χ4n) is 4.06. The van der Waals surface area contributed by atoms with Crippen LogP contribution in [0.5, 0.6) is 5.75 Å². The zero-order valence-electron chi connectivity index (χ0n) is 13.0. The van der Waals surface area contributed by atoms with Crippen molar-refractivity contribution in [3.05, 3.63) is 59.4 Å². The van der Waals surface area contributed by atoms with E-state index < -0.39 is 0 Å². The summed E-state index contributed by atoms with van der Waals surface area (Å²) >= 11 is 0. The van der Waals surface area contributed by atoms with Crippen molar-refractivity contribution < 1.29 is 4.74 Å². The summed E-state index contributed by atoms with van der Waals surface area (Å²) in [5.74, 6) is 0.947. The van der Waals surface area contributed by atoms with Crippen LogP contribution >= 0.6 is 0 Å². The summed E-state index contributed by atoms with van der Waals surface area (Å²) in [5.41, 5.74) is 4.22. The van der Waals surface area contributed by atoms with E-state index in [4.69, 9.17) is 9.72 Å². The first-order chi connectivity index (χ1) is 10.8. The van der Waals surface area contributed by atoms with E-state index in [1.54, 1.807) is 7.11 Å². The lowest BCUT2D eigenvalue weighted by Gasteiger charge is -2.49. The van der Waals surface area contributed by atoms with Gasteiger partial charge in [-0.3, -0.25) is 4.98 Å². The van der Waals surface area contributed by atoms with Crippen LogP contribution in [0.1, 0.15) is 42.1 Å². The lowest BCUT2D eigenvalue weighted by atomic mass is 9.59. The zero-order valence-corrected chi connectivity index (χ0v) is 13.0. The standard InChI is InChI=1S/C19H22N2O/c1-22-15-7-6-14-8-12-21-18(16(14)13-15)19(9-4-10-19)17-5-2-3-11-20-17/h2-3,5-7,11,13,18,21H,4,8-10,12H2,1H3. The largest absolute Gasteiger partial charge is 0.497 e. The molecule has 4 rings (SSSR count). The first-order valence-electron chi connectivity index (χ1n) is 8.15. The van der Waals surface area contributed by atoms with Crippen LogP contribution in [0.15, 0.2) is 42.6 Å². The van der Waals surface area contributed by atoms with Gasteiger partial charge < -0.3 is 10.1 Å². The summed E-state index contributed by atoms with van der Waals surface area (Å²) in [6.45, 7) is 1.04. The maximum absolute atomic E-state index is 5.46. The van der Waals surface area contributed by atoms with Crippen molar-refractivity contribution in [1.29, 1.82) is 0 Å². The molecule has 0 radical (unpaired) electrons. The molecule has 0 spiro atoms. The molecule has 0 bridgehead atoms. The highest BCUT2D eigenvalue weighted by molar-refractivity contribution is 5.43. The smallest absolute Gasteiger partial charge is 0.119 e. The van der Waals surface area contributed by atoms with Crippen LogP contribution in [-0.2, 0) is 11.8 Å². The van der Waals surface area contributed by atoms with Gasteiger partial charge in [0.05, 0.1) is 7.11 Å². The van der Waals surface area contributed by atoms with Crippen LogP contribution in [0.3, 0.4) is 0 Å². The van der Waals surface area contributed by atoms with Gasteiger partial charge in [0.2, 0.25) is 0 Å². The predicted molar refractivity (Wildman–Crippen MR) is 87.2 cm³/mol. The number of ether oxygens (including phenoxy) is 1. The summed E-state index contributed by atoms with van der Waals surface area (Å²) in [6, 6.07) is 13.2. The number of nitrogens with one attached hydrogen (secondary N) is 1. The van der Waals surface area contributed by atoms with E-state index in [2.05, 4.69) is 35.6 Å². The molecule has 1 aromatic carbocycles. The Morgan fingerprint density at radius 2 is 2.14 bits per heavy atom. The van der Waals surface area contributed by atoms with Gasteiger partial charge in [0.15, 0.2) is 0 Å². The maximum atomic E-state index is 5.46. The van der Waals surface area contributed by atoms with Crippen molar-refractivity contribution in [3.8, 4) is 5.75 Å². The van der Waals surface area contributed by atoms with Gasteiger partial charge in [0.1, 0.15) is 5.75 Å². The van der Waals surface area contributed by atoms with Crippen molar-refractivity contribution in [2.45, 2.75) is 37.1 Å². The first-order valence-corrected chi connectivity index (χ1v) is 8.15. The Hall–Kier alpha value is -1.87. The minimum absolute atomic E-state index is 0.142. The highest BCUT2D eigenvalue weighted by Crippen LogP contribution is 2.53. The molecule has 22 heavy (non-hydrogen) atoms. The lowest BCUT2D eigenvalue weighted by Crippen LogP contribution is -2.49. The summed E-state index contributed by atoms with van der Waals surface area (Å²) < 4.78 is 5.46. The molecule has 2 aromatic rings.